The zero-order valence-corrected chi connectivity index (χ0v) is 26.9. The van der Waals surface area contributed by atoms with Gasteiger partial charge in [0.25, 0.3) is 6.43 Å². The Bertz CT molecular complexity index is 1550. The number of hydrogen-bond donors (Lipinski definition) is 1. The van der Waals surface area contributed by atoms with Crippen LogP contribution in [0.3, 0.4) is 0 Å². The smallest absolute Gasteiger partial charge is 0.264 e. The van der Waals surface area contributed by atoms with Gasteiger partial charge >= 0.3 is 0 Å². The van der Waals surface area contributed by atoms with Crippen LogP contribution in [0.25, 0.3) is 11.1 Å². The number of hydrogen-bond acceptors (Lipinski definition) is 6. The minimum Gasteiger partial charge on any atom is -0.338 e. The van der Waals surface area contributed by atoms with Gasteiger partial charge in [-0.2, -0.15) is 10.2 Å². The van der Waals surface area contributed by atoms with Crippen LogP contribution < -0.4 is 10.2 Å². The second-order valence-electron chi connectivity index (χ2n) is 14.0. The van der Waals surface area contributed by atoms with E-state index in [1.165, 1.54) is 18.5 Å². The Morgan fingerprint density at radius 3 is 2.58 bits per heavy atom. The van der Waals surface area contributed by atoms with Gasteiger partial charge in [-0.25, -0.2) is 8.78 Å². The van der Waals surface area contributed by atoms with Crippen LogP contribution in [-0.2, 0) is 31.2 Å². The molecule has 0 bridgehead atoms. The highest BCUT2D eigenvalue weighted by Gasteiger charge is 2.36. The Kier molecular flexibility index (Phi) is 8.18. The molecule has 1 aromatic carbocycles. The molecular formula is C34H46F2N8O. The Balaban J connectivity index is 1.21. The van der Waals surface area contributed by atoms with E-state index in [9.17, 15) is 13.6 Å². The lowest BCUT2D eigenvalue weighted by Gasteiger charge is -2.41. The predicted octanol–water partition coefficient (Wildman–Crippen LogP) is 5.24. The summed E-state index contributed by atoms with van der Waals surface area (Å²) in [6.45, 7) is 11.4. The van der Waals surface area contributed by atoms with Crippen LogP contribution in [0.4, 0.5) is 20.3 Å². The minimum absolute atomic E-state index is 0.0159. The molecule has 0 atom stereocenters. The molecule has 242 valence electrons. The normalized spacial score (nSPS) is 20.8. The molecule has 0 saturated carbocycles. The summed E-state index contributed by atoms with van der Waals surface area (Å²) in [4.78, 5) is 19.2. The topological polar surface area (TPSA) is 74.5 Å². The van der Waals surface area contributed by atoms with Gasteiger partial charge in [0.2, 0.25) is 5.91 Å². The quantitative estimate of drug-likeness (QED) is 0.407. The van der Waals surface area contributed by atoms with Crippen LogP contribution in [-0.4, -0.2) is 81.1 Å². The van der Waals surface area contributed by atoms with Crippen LogP contribution >= 0.6 is 0 Å². The number of rotatable bonds is 6. The number of amides is 1. The van der Waals surface area contributed by atoms with Crippen molar-refractivity contribution in [1.29, 1.82) is 0 Å². The molecule has 1 amide bonds. The van der Waals surface area contributed by atoms with Gasteiger partial charge in [0.15, 0.2) is 5.82 Å². The van der Waals surface area contributed by atoms with Gasteiger partial charge in [0.1, 0.15) is 0 Å². The van der Waals surface area contributed by atoms with Crippen LogP contribution in [0, 0.1) is 5.41 Å². The first-order valence-corrected chi connectivity index (χ1v) is 16.7. The number of alkyl halides is 2. The zero-order valence-electron chi connectivity index (χ0n) is 26.9. The van der Waals surface area contributed by atoms with Crippen LogP contribution in [0.2, 0.25) is 0 Å². The third-order valence-corrected chi connectivity index (χ3v) is 10.7. The summed E-state index contributed by atoms with van der Waals surface area (Å²) in [7, 11) is 1.80. The first-order valence-electron chi connectivity index (χ1n) is 16.7. The van der Waals surface area contributed by atoms with E-state index in [2.05, 4.69) is 31.8 Å². The maximum atomic E-state index is 14.6. The van der Waals surface area contributed by atoms with Gasteiger partial charge in [-0.3, -0.25) is 14.2 Å². The highest BCUT2D eigenvalue weighted by atomic mass is 19.3. The Hall–Kier alpha value is -3.31. The first-order chi connectivity index (χ1) is 21.7. The molecule has 3 aromatic rings. The highest BCUT2D eigenvalue weighted by Crippen LogP contribution is 2.44. The molecule has 45 heavy (non-hydrogen) atoms. The van der Waals surface area contributed by atoms with Crippen molar-refractivity contribution in [3.8, 4) is 11.1 Å². The van der Waals surface area contributed by atoms with Gasteiger partial charge in [0.05, 0.1) is 18.8 Å². The van der Waals surface area contributed by atoms with Gasteiger partial charge in [-0.05, 0) is 80.3 Å². The summed E-state index contributed by atoms with van der Waals surface area (Å²) < 4.78 is 33.0. The second-order valence-corrected chi connectivity index (χ2v) is 14.0. The number of aryl methyl sites for hydroxylation is 2. The molecular weight excluding hydrogens is 574 g/mol. The van der Waals surface area contributed by atoms with Crippen molar-refractivity contribution in [3.05, 3.63) is 46.9 Å². The van der Waals surface area contributed by atoms with Crippen LogP contribution in [0.5, 0.6) is 0 Å². The SMILES string of the molecule is CC(=O)N1CCc2c(c(N3CCCc4cc(-c5cnn(C)c5)c(C(F)F)cc43)nn2C2CCN(CC3(C)CCNCC3)CC2)C1. The monoisotopic (exact) mass is 620 g/mol. The number of halogens is 2. The van der Waals surface area contributed by atoms with Gasteiger partial charge in [-0.1, -0.05) is 6.92 Å². The molecule has 9 nitrogen and oxygen atoms in total. The molecule has 1 N–H and O–H groups in total. The molecule has 7 rings (SSSR count). The summed E-state index contributed by atoms with van der Waals surface area (Å²) in [6, 6.07) is 3.91. The summed E-state index contributed by atoms with van der Waals surface area (Å²) in [5, 5.41) is 13.1. The largest absolute Gasteiger partial charge is 0.338 e. The van der Waals surface area contributed by atoms with Crippen LogP contribution in [0.15, 0.2) is 24.5 Å². The van der Waals surface area contributed by atoms with Crippen molar-refractivity contribution in [2.75, 3.05) is 50.7 Å². The maximum absolute atomic E-state index is 14.6. The minimum atomic E-state index is -2.62. The fourth-order valence-electron chi connectivity index (χ4n) is 8.13. The Labute approximate surface area is 264 Å². The first kappa shape index (κ1) is 30.3. The second kappa shape index (κ2) is 12.1. The summed E-state index contributed by atoms with van der Waals surface area (Å²) in [5.74, 6) is 0.884. The molecule has 2 aromatic heterocycles. The number of carbonyl (C=O) groups is 1. The standard InChI is InChI=1S/C34H46F2N8O/c1-23(45)42-16-8-30-29(21-42)33(39-44(30)26-6-14-41(15-7-26)22-34(2)9-11-37-12-10-34)43-13-4-5-24-17-27(25-19-38-40(3)20-25)28(32(35)36)18-31(24)43/h17-20,26,32,37H,4-16,21-22H2,1-3H3. The van der Waals surface area contributed by atoms with Gasteiger partial charge in [0, 0.05) is 87.4 Å². The fraction of sp³-hybridized carbons (Fsp3) is 0.618. The fourth-order valence-corrected chi connectivity index (χ4v) is 8.13. The third kappa shape index (κ3) is 5.89. The number of nitrogens with zero attached hydrogens (tertiary/aromatic N) is 7. The van der Waals surface area contributed by atoms with Crippen LogP contribution in [0.1, 0.15) is 80.8 Å². The summed E-state index contributed by atoms with van der Waals surface area (Å²) >= 11 is 0. The number of anilines is 2. The maximum Gasteiger partial charge on any atom is 0.264 e. The number of aromatic nitrogens is 4. The Morgan fingerprint density at radius 1 is 1.11 bits per heavy atom. The average Bonchev–Trinajstić information content (AvgIpc) is 3.64. The van der Waals surface area contributed by atoms with E-state index >= 15 is 0 Å². The molecule has 11 heteroatoms. The molecule has 2 fully saturated rings. The average molecular weight is 621 g/mol. The lowest BCUT2D eigenvalue weighted by atomic mass is 9.80. The number of carbonyl (C=O) groups excluding carboxylic acids is 1. The predicted molar refractivity (Wildman–Crippen MR) is 171 cm³/mol. The number of likely N-dealkylation sites (tertiary alicyclic amines) is 1. The van der Waals surface area contributed by atoms with Crippen molar-refractivity contribution in [2.45, 2.75) is 77.8 Å². The van der Waals surface area contributed by atoms with E-state index in [4.69, 9.17) is 5.10 Å². The molecule has 0 unspecified atom stereocenters. The van der Waals surface area contributed by atoms with E-state index < -0.39 is 6.43 Å². The highest BCUT2D eigenvalue weighted by molar-refractivity contribution is 5.78. The van der Waals surface area contributed by atoms with E-state index in [-0.39, 0.29) is 11.5 Å². The van der Waals surface area contributed by atoms with Crippen molar-refractivity contribution < 1.29 is 13.6 Å². The van der Waals surface area contributed by atoms with Crippen molar-refractivity contribution in [3.63, 3.8) is 0 Å². The van der Waals surface area contributed by atoms with E-state index in [1.807, 2.05) is 11.0 Å². The molecule has 4 aliphatic heterocycles. The van der Waals surface area contributed by atoms with E-state index in [0.29, 0.717) is 42.2 Å². The van der Waals surface area contributed by atoms with E-state index in [1.54, 1.807) is 37.1 Å². The van der Waals surface area contributed by atoms with Gasteiger partial charge < -0.3 is 20.0 Å². The summed E-state index contributed by atoms with van der Waals surface area (Å²) in [6.07, 6.45) is 7.84. The molecule has 2 saturated heterocycles. The number of piperidine rings is 2. The Morgan fingerprint density at radius 2 is 1.89 bits per heavy atom. The lowest BCUT2D eigenvalue weighted by molar-refractivity contribution is -0.129. The molecule has 4 aliphatic rings. The molecule has 6 heterocycles. The van der Waals surface area contributed by atoms with Gasteiger partial charge in [-0.15, -0.1) is 0 Å². The molecule has 0 spiro atoms. The number of benzene rings is 1. The third-order valence-electron chi connectivity index (χ3n) is 10.7. The number of nitrogens with one attached hydrogen (secondary N) is 1. The van der Waals surface area contributed by atoms with E-state index in [0.717, 1.165) is 87.5 Å². The molecule has 0 radical (unpaired) electrons. The lowest BCUT2D eigenvalue weighted by Crippen LogP contribution is -2.46. The van der Waals surface area contributed by atoms with Crippen molar-refractivity contribution in [2.24, 2.45) is 12.5 Å². The zero-order chi connectivity index (χ0) is 31.3. The molecule has 0 aliphatic carbocycles. The number of fused-ring (bicyclic) bond motifs is 2. The summed E-state index contributed by atoms with van der Waals surface area (Å²) in [5.41, 5.74) is 5.77. The van der Waals surface area contributed by atoms with Crippen molar-refractivity contribution in [1.82, 2.24) is 34.7 Å². The van der Waals surface area contributed by atoms with Crippen molar-refractivity contribution >= 4 is 17.4 Å².